The summed E-state index contributed by atoms with van der Waals surface area (Å²) in [5.74, 6) is 0.877. The molecule has 0 aliphatic carbocycles. The van der Waals surface area contributed by atoms with Gasteiger partial charge in [0.2, 0.25) is 0 Å². The summed E-state index contributed by atoms with van der Waals surface area (Å²) in [6, 6.07) is 6.02. The number of anilines is 1. The van der Waals surface area contributed by atoms with Crippen LogP contribution in [0.5, 0.6) is 5.75 Å². The molecule has 2 rings (SSSR count). The zero-order chi connectivity index (χ0) is 10.1. The maximum Gasteiger partial charge on any atom is 0.332 e. The number of aryl methyl sites for hydroxylation is 1. The molecule has 0 unspecified atom stereocenters. The van der Waals surface area contributed by atoms with Crippen molar-refractivity contribution in [2.45, 2.75) is 13.5 Å². The summed E-state index contributed by atoms with van der Waals surface area (Å²) in [5, 5.41) is 0.843. The highest BCUT2D eigenvalue weighted by Gasteiger charge is 2.13. The van der Waals surface area contributed by atoms with Crippen molar-refractivity contribution in [3.8, 4) is 5.75 Å². The number of halogens is 1. The van der Waals surface area contributed by atoms with Crippen LogP contribution in [0.4, 0.5) is 5.13 Å². The van der Waals surface area contributed by atoms with E-state index in [1.165, 1.54) is 10.2 Å². The van der Waals surface area contributed by atoms with Crippen LogP contribution in [0.15, 0.2) is 18.2 Å². The molecular formula is C10H13ClN2OS. The first kappa shape index (κ1) is 12.1. The van der Waals surface area contributed by atoms with E-state index in [9.17, 15) is 0 Å². The molecule has 0 radical (unpaired) electrons. The molecule has 0 atom stereocenters. The van der Waals surface area contributed by atoms with Crippen LogP contribution in [0.3, 0.4) is 0 Å². The lowest BCUT2D eigenvalue weighted by Gasteiger charge is -1.98. The highest BCUT2D eigenvalue weighted by Crippen LogP contribution is 2.25. The fourth-order valence-corrected chi connectivity index (χ4v) is 2.56. The first-order valence-electron chi connectivity index (χ1n) is 4.52. The number of hydrogen-bond acceptors (Lipinski definition) is 3. The first-order chi connectivity index (χ1) is 6.76. The van der Waals surface area contributed by atoms with Crippen LogP contribution in [-0.2, 0) is 6.54 Å². The second-order valence-corrected chi connectivity index (χ2v) is 4.08. The SMILES string of the molecule is CC[n+]1c(N)sc2cc(OC)ccc21.[Cl-]. The molecule has 15 heavy (non-hydrogen) atoms. The van der Waals surface area contributed by atoms with E-state index >= 15 is 0 Å². The van der Waals surface area contributed by atoms with Gasteiger partial charge in [0, 0.05) is 6.07 Å². The molecule has 0 aliphatic rings. The predicted octanol–water partition coefficient (Wildman–Crippen LogP) is -1.20. The smallest absolute Gasteiger partial charge is 0.332 e. The quantitative estimate of drug-likeness (QED) is 0.675. The number of nitrogens with zero attached hydrogens (tertiary/aromatic N) is 1. The lowest BCUT2D eigenvalue weighted by atomic mass is 10.3. The van der Waals surface area contributed by atoms with Crippen molar-refractivity contribution in [3.63, 3.8) is 0 Å². The molecule has 0 saturated carbocycles. The van der Waals surface area contributed by atoms with E-state index in [1.807, 2.05) is 18.2 Å². The van der Waals surface area contributed by atoms with Crippen molar-refractivity contribution in [2.75, 3.05) is 12.8 Å². The van der Waals surface area contributed by atoms with Gasteiger partial charge in [0.15, 0.2) is 0 Å². The highest BCUT2D eigenvalue weighted by atomic mass is 35.5. The largest absolute Gasteiger partial charge is 1.00 e. The molecule has 5 heteroatoms. The normalized spacial score (nSPS) is 10.0. The maximum absolute atomic E-state index is 5.90. The third kappa shape index (κ3) is 2.01. The Morgan fingerprint density at radius 2 is 2.20 bits per heavy atom. The molecule has 1 heterocycles. The summed E-state index contributed by atoms with van der Waals surface area (Å²) in [5.41, 5.74) is 7.07. The van der Waals surface area contributed by atoms with E-state index in [-0.39, 0.29) is 12.4 Å². The fraction of sp³-hybridized carbons (Fsp3) is 0.300. The molecule has 2 aromatic rings. The predicted molar refractivity (Wildman–Crippen MR) is 58.7 cm³/mol. The topological polar surface area (TPSA) is 39.1 Å². The number of fused-ring (bicyclic) bond motifs is 1. The molecule has 0 bridgehead atoms. The molecule has 3 nitrogen and oxygen atoms in total. The van der Waals surface area contributed by atoms with Crippen LogP contribution in [0.2, 0.25) is 0 Å². The summed E-state index contributed by atoms with van der Waals surface area (Å²) in [6.07, 6.45) is 0. The average Bonchev–Trinajstić information content (AvgIpc) is 2.51. The summed E-state index contributed by atoms with van der Waals surface area (Å²) in [4.78, 5) is 0. The third-order valence-corrected chi connectivity index (χ3v) is 3.23. The molecule has 0 saturated heterocycles. The number of ether oxygens (including phenoxy) is 1. The van der Waals surface area contributed by atoms with Gasteiger partial charge >= 0.3 is 5.13 Å². The minimum Gasteiger partial charge on any atom is -1.00 e. The van der Waals surface area contributed by atoms with Crippen molar-refractivity contribution in [1.82, 2.24) is 0 Å². The molecule has 82 valence electrons. The Hall–Kier alpha value is -1.00. The van der Waals surface area contributed by atoms with E-state index in [4.69, 9.17) is 10.5 Å². The molecule has 0 fully saturated rings. The number of methoxy groups -OCH3 is 1. The van der Waals surface area contributed by atoms with Crippen LogP contribution in [0.1, 0.15) is 6.92 Å². The van der Waals surface area contributed by atoms with Crippen LogP contribution in [-0.4, -0.2) is 7.11 Å². The van der Waals surface area contributed by atoms with Crippen molar-refractivity contribution in [1.29, 1.82) is 0 Å². The number of hydrogen-bond donors (Lipinski definition) is 1. The Kier molecular flexibility index (Phi) is 3.77. The molecular weight excluding hydrogens is 232 g/mol. The monoisotopic (exact) mass is 244 g/mol. The number of thiazole rings is 1. The van der Waals surface area contributed by atoms with Gasteiger partial charge in [-0.15, -0.1) is 0 Å². The Balaban J connectivity index is 0.00000112. The molecule has 0 spiro atoms. The van der Waals surface area contributed by atoms with Crippen molar-refractivity contribution in [2.24, 2.45) is 0 Å². The molecule has 0 aliphatic heterocycles. The second kappa shape index (κ2) is 4.68. The summed E-state index contributed by atoms with van der Waals surface area (Å²) in [6.45, 7) is 2.99. The van der Waals surface area contributed by atoms with Gasteiger partial charge in [0.25, 0.3) is 0 Å². The first-order valence-corrected chi connectivity index (χ1v) is 5.33. The van der Waals surface area contributed by atoms with Crippen LogP contribution in [0.25, 0.3) is 10.2 Å². The van der Waals surface area contributed by atoms with E-state index in [0.29, 0.717) is 0 Å². The standard InChI is InChI=1S/C10H12N2OS.ClH/c1-3-12-8-5-4-7(13-2)6-9(8)14-10(12)11;/h4-6,11H,3H2,1-2H3;1H. The van der Waals surface area contributed by atoms with E-state index in [2.05, 4.69) is 11.5 Å². The van der Waals surface area contributed by atoms with Crippen molar-refractivity contribution < 1.29 is 21.7 Å². The summed E-state index contributed by atoms with van der Waals surface area (Å²) >= 11 is 1.59. The van der Waals surface area contributed by atoms with Gasteiger partial charge < -0.3 is 17.1 Å². The van der Waals surface area contributed by atoms with Gasteiger partial charge in [-0.25, -0.2) is 4.57 Å². The number of aromatic nitrogens is 1. The van der Waals surface area contributed by atoms with Crippen molar-refractivity contribution >= 4 is 26.7 Å². The zero-order valence-corrected chi connectivity index (χ0v) is 10.2. The summed E-state index contributed by atoms with van der Waals surface area (Å²) < 4.78 is 8.43. The van der Waals surface area contributed by atoms with Gasteiger partial charge in [-0.05, 0) is 30.4 Å². The van der Waals surface area contributed by atoms with E-state index in [0.717, 1.165) is 17.4 Å². The van der Waals surface area contributed by atoms with Gasteiger partial charge in [-0.1, -0.05) is 0 Å². The van der Waals surface area contributed by atoms with Gasteiger partial charge in [0.05, 0.1) is 18.4 Å². The lowest BCUT2D eigenvalue weighted by Crippen LogP contribution is -3.00. The number of nitrogens with two attached hydrogens (primary N) is 1. The molecule has 0 amide bonds. The van der Waals surface area contributed by atoms with Crippen LogP contribution in [0, 0.1) is 0 Å². The van der Waals surface area contributed by atoms with Crippen LogP contribution >= 0.6 is 11.3 Å². The van der Waals surface area contributed by atoms with E-state index < -0.39 is 0 Å². The Bertz CT molecular complexity index is 470. The minimum absolute atomic E-state index is 0. The number of benzene rings is 1. The Morgan fingerprint density at radius 3 is 2.80 bits per heavy atom. The number of nitrogen functional groups attached to an aromatic ring is 1. The highest BCUT2D eigenvalue weighted by molar-refractivity contribution is 7.21. The zero-order valence-electron chi connectivity index (χ0n) is 8.66. The van der Waals surface area contributed by atoms with Crippen molar-refractivity contribution in [3.05, 3.63) is 18.2 Å². The number of rotatable bonds is 2. The summed E-state index contributed by atoms with van der Waals surface area (Å²) in [7, 11) is 1.67. The lowest BCUT2D eigenvalue weighted by molar-refractivity contribution is -0.649. The maximum atomic E-state index is 5.90. The van der Waals surface area contributed by atoms with Gasteiger partial charge in [0.1, 0.15) is 11.3 Å². The Morgan fingerprint density at radius 1 is 1.47 bits per heavy atom. The van der Waals surface area contributed by atoms with Crippen LogP contribution < -0.4 is 27.4 Å². The van der Waals surface area contributed by atoms with Gasteiger partial charge in [-0.2, -0.15) is 0 Å². The average molecular weight is 245 g/mol. The molecule has 1 aromatic carbocycles. The Labute approximate surface area is 98.9 Å². The second-order valence-electron chi connectivity index (χ2n) is 3.02. The van der Waals surface area contributed by atoms with Gasteiger partial charge in [-0.3, -0.25) is 5.73 Å². The molecule has 2 N–H and O–H groups in total. The fourth-order valence-electron chi connectivity index (χ4n) is 1.54. The third-order valence-electron chi connectivity index (χ3n) is 2.25. The molecule has 1 aromatic heterocycles. The van der Waals surface area contributed by atoms with E-state index in [1.54, 1.807) is 18.4 Å². The minimum atomic E-state index is 0.